The summed E-state index contributed by atoms with van der Waals surface area (Å²) in [4.78, 5) is 36.6. The third-order valence-electron chi connectivity index (χ3n) is 3.94. The van der Waals surface area contributed by atoms with E-state index < -0.39 is 29.5 Å². The molecule has 2 unspecified atom stereocenters. The minimum atomic E-state index is -1.00. The molecule has 0 bridgehead atoms. The molecular weight excluding hydrogens is 262 g/mol. The number of carboxylic acids is 1. The predicted molar refractivity (Wildman–Crippen MR) is 73.3 cm³/mol. The van der Waals surface area contributed by atoms with E-state index in [1.807, 2.05) is 0 Å². The quantitative estimate of drug-likeness (QED) is 0.685. The Hall–Kier alpha value is -1.63. The fourth-order valence-electron chi connectivity index (χ4n) is 2.79. The van der Waals surface area contributed by atoms with Crippen LogP contribution in [0, 0.1) is 0 Å². The number of urea groups is 1. The summed E-state index contributed by atoms with van der Waals surface area (Å²) in [6.45, 7) is 6.16. The van der Waals surface area contributed by atoms with Crippen LogP contribution in [0.15, 0.2) is 0 Å². The first-order chi connectivity index (χ1) is 9.39. The second kappa shape index (κ2) is 6.69. The van der Waals surface area contributed by atoms with Crippen LogP contribution >= 0.6 is 0 Å². The van der Waals surface area contributed by atoms with Crippen LogP contribution in [0.1, 0.15) is 40.0 Å². The van der Waals surface area contributed by atoms with Crippen molar-refractivity contribution in [3.8, 4) is 0 Å². The zero-order valence-corrected chi connectivity index (χ0v) is 12.2. The van der Waals surface area contributed by atoms with Crippen LogP contribution in [0.25, 0.3) is 0 Å². The third-order valence-corrected chi connectivity index (χ3v) is 3.94. The Morgan fingerprint density at radius 2 is 2.00 bits per heavy atom. The number of amides is 3. The van der Waals surface area contributed by atoms with E-state index in [1.54, 1.807) is 25.7 Å². The monoisotopic (exact) mass is 285 g/mol. The topological polar surface area (TPSA) is 98.7 Å². The number of carboxylic acid groups (broad SMARTS) is 1. The van der Waals surface area contributed by atoms with Gasteiger partial charge in [-0.15, -0.1) is 0 Å². The fourth-order valence-corrected chi connectivity index (χ4v) is 2.79. The summed E-state index contributed by atoms with van der Waals surface area (Å²) in [5.41, 5.74) is -1.00. The number of rotatable bonds is 5. The zero-order valence-electron chi connectivity index (χ0n) is 12.2. The number of likely N-dealkylation sites (tertiary alicyclic amines) is 1. The van der Waals surface area contributed by atoms with Crippen molar-refractivity contribution in [2.24, 2.45) is 0 Å². The van der Waals surface area contributed by atoms with Gasteiger partial charge in [0.15, 0.2) is 0 Å². The number of imide groups is 1. The van der Waals surface area contributed by atoms with Gasteiger partial charge >= 0.3 is 12.0 Å². The molecule has 1 saturated heterocycles. The van der Waals surface area contributed by atoms with Crippen LogP contribution in [-0.4, -0.2) is 52.6 Å². The third kappa shape index (κ3) is 3.09. The van der Waals surface area contributed by atoms with Crippen LogP contribution < -0.4 is 10.6 Å². The number of hydrogen-bond donors (Lipinski definition) is 3. The van der Waals surface area contributed by atoms with Gasteiger partial charge in [0.2, 0.25) is 5.91 Å². The molecule has 0 aliphatic carbocycles. The van der Waals surface area contributed by atoms with Gasteiger partial charge in [-0.2, -0.15) is 0 Å². The van der Waals surface area contributed by atoms with Gasteiger partial charge in [-0.25, -0.2) is 4.79 Å². The first-order valence-corrected chi connectivity index (χ1v) is 6.97. The van der Waals surface area contributed by atoms with Gasteiger partial charge in [-0.05, 0) is 33.1 Å². The summed E-state index contributed by atoms with van der Waals surface area (Å²) in [6.07, 6.45) is 1.69. The molecule has 1 heterocycles. The standard InChI is InChI=1S/C13H23N3O4/c1-4-13(11(18)19)7-6-8-16(13)9(3)10(17)15-12(20)14-5-2/h9H,4-8H2,1-3H3,(H,18,19)(H2,14,15,17,20). The number of carbonyl (C=O) groups excluding carboxylic acids is 2. The highest BCUT2D eigenvalue weighted by Crippen LogP contribution is 2.34. The molecule has 7 heteroatoms. The van der Waals surface area contributed by atoms with E-state index in [0.29, 0.717) is 25.9 Å². The van der Waals surface area contributed by atoms with Crippen molar-refractivity contribution in [2.45, 2.75) is 51.6 Å². The molecule has 0 radical (unpaired) electrons. The normalized spacial score (nSPS) is 24.1. The van der Waals surface area contributed by atoms with Crippen molar-refractivity contribution in [3.05, 3.63) is 0 Å². The lowest BCUT2D eigenvalue weighted by Crippen LogP contribution is -2.58. The van der Waals surface area contributed by atoms with Crippen LogP contribution in [-0.2, 0) is 9.59 Å². The molecule has 20 heavy (non-hydrogen) atoms. The van der Waals surface area contributed by atoms with Gasteiger partial charge in [0.25, 0.3) is 0 Å². The maximum absolute atomic E-state index is 12.0. The molecule has 7 nitrogen and oxygen atoms in total. The average Bonchev–Trinajstić information content (AvgIpc) is 2.82. The minimum Gasteiger partial charge on any atom is -0.480 e. The van der Waals surface area contributed by atoms with Gasteiger partial charge in [-0.1, -0.05) is 6.92 Å². The molecule has 1 rings (SSSR count). The van der Waals surface area contributed by atoms with Crippen molar-refractivity contribution < 1.29 is 19.5 Å². The first-order valence-electron chi connectivity index (χ1n) is 6.97. The molecule has 1 aliphatic heterocycles. The molecular formula is C13H23N3O4. The molecule has 3 amide bonds. The van der Waals surface area contributed by atoms with Crippen molar-refractivity contribution >= 4 is 17.9 Å². The van der Waals surface area contributed by atoms with E-state index >= 15 is 0 Å². The first kappa shape index (κ1) is 16.4. The SMILES string of the molecule is CCNC(=O)NC(=O)C(C)N1CCCC1(CC)C(=O)O. The van der Waals surface area contributed by atoms with Crippen molar-refractivity contribution in [2.75, 3.05) is 13.1 Å². The molecule has 0 aromatic heterocycles. The van der Waals surface area contributed by atoms with Crippen LogP contribution in [0.2, 0.25) is 0 Å². The Labute approximate surface area is 118 Å². The van der Waals surface area contributed by atoms with E-state index in [9.17, 15) is 19.5 Å². The second-order valence-electron chi connectivity index (χ2n) is 5.01. The fraction of sp³-hybridized carbons (Fsp3) is 0.769. The summed E-state index contributed by atoms with van der Waals surface area (Å²) >= 11 is 0. The number of hydrogen-bond acceptors (Lipinski definition) is 4. The zero-order chi connectivity index (χ0) is 15.3. The lowest BCUT2D eigenvalue weighted by molar-refractivity contribution is -0.152. The summed E-state index contributed by atoms with van der Waals surface area (Å²) in [5, 5.41) is 14.2. The molecule has 114 valence electrons. The summed E-state index contributed by atoms with van der Waals surface area (Å²) < 4.78 is 0. The molecule has 0 aromatic carbocycles. The van der Waals surface area contributed by atoms with Crippen molar-refractivity contribution in [3.63, 3.8) is 0 Å². The summed E-state index contributed by atoms with van der Waals surface area (Å²) in [5.74, 6) is -1.38. The Morgan fingerprint density at radius 3 is 2.50 bits per heavy atom. The Balaban J connectivity index is 2.79. The lowest BCUT2D eigenvalue weighted by atomic mass is 9.92. The molecule has 0 aromatic rings. The number of nitrogens with zero attached hydrogens (tertiary/aromatic N) is 1. The van der Waals surface area contributed by atoms with E-state index in [2.05, 4.69) is 10.6 Å². The molecule has 0 spiro atoms. The van der Waals surface area contributed by atoms with Gasteiger partial charge in [0.1, 0.15) is 5.54 Å². The second-order valence-corrected chi connectivity index (χ2v) is 5.01. The molecule has 3 N–H and O–H groups in total. The van der Waals surface area contributed by atoms with Crippen LogP contribution in [0.5, 0.6) is 0 Å². The lowest BCUT2D eigenvalue weighted by Gasteiger charge is -2.37. The number of nitrogens with one attached hydrogen (secondary N) is 2. The molecule has 0 saturated carbocycles. The Morgan fingerprint density at radius 1 is 1.35 bits per heavy atom. The molecule has 2 atom stereocenters. The van der Waals surface area contributed by atoms with Gasteiger partial charge in [0, 0.05) is 13.1 Å². The highest BCUT2D eigenvalue weighted by molar-refractivity contribution is 5.97. The molecule has 1 fully saturated rings. The maximum Gasteiger partial charge on any atom is 0.324 e. The van der Waals surface area contributed by atoms with E-state index in [-0.39, 0.29) is 0 Å². The smallest absolute Gasteiger partial charge is 0.324 e. The summed E-state index contributed by atoms with van der Waals surface area (Å²) in [6, 6.07) is -1.21. The van der Waals surface area contributed by atoms with Gasteiger partial charge in [0.05, 0.1) is 6.04 Å². The number of aliphatic carboxylic acids is 1. The highest BCUT2D eigenvalue weighted by atomic mass is 16.4. The van der Waals surface area contributed by atoms with E-state index in [4.69, 9.17) is 0 Å². The van der Waals surface area contributed by atoms with E-state index in [0.717, 1.165) is 6.42 Å². The summed E-state index contributed by atoms with van der Waals surface area (Å²) in [7, 11) is 0. The predicted octanol–water partition coefficient (Wildman–Crippen LogP) is 0.550. The molecule has 1 aliphatic rings. The average molecular weight is 285 g/mol. The Kier molecular flexibility index (Phi) is 5.50. The highest BCUT2D eigenvalue weighted by Gasteiger charge is 2.49. The number of carbonyl (C=O) groups is 3. The van der Waals surface area contributed by atoms with Crippen molar-refractivity contribution in [1.82, 2.24) is 15.5 Å². The minimum absolute atomic E-state index is 0.422. The van der Waals surface area contributed by atoms with Crippen LogP contribution in [0.4, 0.5) is 4.79 Å². The van der Waals surface area contributed by atoms with E-state index in [1.165, 1.54) is 0 Å². The maximum atomic E-state index is 12.0. The Bertz CT molecular complexity index is 399. The largest absolute Gasteiger partial charge is 0.480 e. The van der Waals surface area contributed by atoms with Gasteiger partial charge < -0.3 is 10.4 Å². The van der Waals surface area contributed by atoms with Crippen molar-refractivity contribution in [1.29, 1.82) is 0 Å². The van der Waals surface area contributed by atoms with Crippen LogP contribution in [0.3, 0.4) is 0 Å². The van der Waals surface area contributed by atoms with Gasteiger partial charge in [-0.3, -0.25) is 19.8 Å².